The highest BCUT2D eigenvalue weighted by Crippen LogP contribution is 2.30. The molecule has 8 heteroatoms. The van der Waals surface area contributed by atoms with Gasteiger partial charge in [0.15, 0.2) is 5.82 Å². The van der Waals surface area contributed by atoms with Crippen molar-refractivity contribution >= 4 is 35.7 Å². The van der Waals surface area contributed by atoms with Crippen LogP contribution in [0.15, 0.2) is 24.3 Å². The number of rotatable bonds is 8. The zero-order valence-corrected chi connectivity index (χ0v) is 20.1. The molecule has 6 nitrogen and oxygen atoms in total. The molecule has 0 atom stereocenters. The molecule has 2 aliphatic rings. The topological polar surface area (TPSA) is 50.6 Å². The minimum atomic E-state index is 0. The SMILES string of the molecule is Cc1cc(N2CCN(CC3CC3)CC2=O)nn1Cc1cc(Cl)ccc1OCC(C)C.Cl. The molecule has 1 aliphatic heterocycles. The van der Waals surface area contributed by atoms with E-state index in [1.165, 1.54) is 12.8 Å². The molecule has 4 rings (SSSR count). The van der Waals surface area contributed by atoms with Gasteiger partial charge in [0.05, 0.1) is 19.7 Å². The second-order valence-electron chi connectivity index (χ2n) is 8.98. The molecule has 1 aliphatic carbocycles. The largest absolute Gasteiger partial charge is 0.493 e. The summed E-state index contributed by atoms with van der Waals surface area (Å²) < 4.78 is 7.91. The van der Waals surface area contributed by atoms with Gasteiger partial charge in [0.2, 0.25) is 5.91 Å². The van der Waals surface area contributed by atoms with Crippen molar-refractivity contribution in [2.75, 3.05) is 37.7 Å². The van der Waals surface area contributed by atoms with Gasteiger partial charge in [-0.2, -0.15) is 5.10 Å². The maximum Gasteiger partial charge on any atom is 0.242 e. The quantitative estimate of drug-likeness (QED) is 0.577. The highest BCUT2D eigenvalue weighted by molar-refractivity contribution is 6.30. The van der Waals surface area contributed by atoms with Crippen LogP contribution >= 0.6 is 24.0 Å². The molecule has 0 spiro atoms. The minimum Gasteiger partial charge on any atom is -0.493 e. The number of aryl methyl sites for hydroxylation is 1. The van der Waals surface area contributed by atoms with E-state index < -0.39 is 0 Å². The Kier molecular flexibility index (Phi) is 7.89. The first-order valence-corrected chi connectivity index (χ1v) is 11.2. The van der Waals surface area contributed by atoms with Crippen LogP contribution in [0.5, 0.6) is 5.75 Å². The van der Waals surface area contributed by atoms with E-state index in [-0.39, 0.29) is 18.3 Å². The average molecular weight is 467 g/mol. The molecule has 2 heterocycles. The molecular formula is C23H32Cl2N4O2. The number of carbonyl (C=O) groups is 1. The average Bonchev–Trinajstić information content (AvgIpc) is 3.43. The van der Waals surface area contributed by atoms with E-state index in [9.17, 15) is 4.79 Å². The smallest absolute Gasteiger partial charge is 0.242 e. The number of nitrogens with zero attached hydrogens (tertiary/aromatic N) is 4. The summed E-state index contributed by atoms with van der Waals surface area (Å²) in [5.41, 5.74) is 1.99. The molecule has 0 radical (unpaired) electrons. The maximum atomic E-state index is 12.7. The first kappa shape index (κ1) is 23.9. The van der Waals surface area contributed by atoms with Gasteiger partial charge in [0.25, 0.3) is 0 Å². The van der Waals surface area contributed by atoms with E-state index in [1.54, 1.807) is 0 Å². The second kappa shape index (κ2) is 10.2. The van der Waals surface area contributed by atoms with E-state index in [0.29, 0.717) is 37.2 Å². The lowest BCUT2D eigenvalue weighted by Gasteiger charge is -2.33. The van der Waals surface area contributed by atoms with Crippen molar-refractivity contribution in [2.45, 2.75) is 40.2 Å². The number of halogens is 2. The monoisotopic (exact) mass is 466 g/mol. The summed E-state index contributed by atoms with van der Waals surface area (Å²) in [6, 6.07) is 7.69. The second-order valence-corrected chi connectivity index (χ2v) is 9.42. The Hall–Kier alpha value is -1.76. The molecule has 1 saturated carbocycles. The van der Waals surface area contributed by atoms with Gasteiger partial charge in [-0.1, -0.05) is 25.4 Å². The zero-order valence-electron chi connectivity index (χ0n) is 18.5. The lowest BCUT2D eigenvalue weighted by molar-refractivity contribution is -0.121. The number of benzene rings is 1. The van der Waals surface area contributed by atoms with Crippen molar-refractivity contribution in [2.24, 2.45) is 11.8 Å². The molecule has 1 saturated heterocycles. The number of amides is 1. The summed E-state index contributed by atoms with van der Waals surface area (Å²) in [7, 11) is 0. The number of aromatic nitrogens is 2. The van der Waals surface area contributed by atoms with E-state index in [4.69, 9.17) is 21.4 Å². The third-order valence-electron chi connectivity index (χ3n) is 5.67. The van der Waals surface area contributed by atoms with Crippen molar-refractivity contribution in [1.29, 1.82) is 0 Å². The summed E-state index contributed by atoms with van der Waals surface area (Å²) >= 11 is 6.24. The van der Waals surface area contributed by atoms with Crippen molar-refractivity contribution in [3.8, 4) is 5.75 Å². The van der Waals surface area contributed by atoms with Gasteiger partial charge in [0.1, 0.15) is 5.75 Å². The molecule has 2 aromatic rings. The number of ether oxygens (including phenoxy) is 1. The molecule has 0 bridgehead atoms. The summed E-state index contributed by atoms with van der Waals surface area (Å²) in [5, 5.41) is 5.42. The lowest BCUT2D eigenvalue weighted by Crippen LogP contribution is -2.51. The van der Waals surface area contributed by atoms with Crippen LogP contribution in [0, 0.1) is 18.8 Å². The Balaban J connectivity index is 0.00000272. The van der Waals surface area contributed by atoms with Gasteiger partial charge >= 0.3 is 0 Å². The van der Waals surface area contributed by atoms with Crippen LogP contribution < -0.4 is 9.64 Å². The fourth-order valence-corrected chi connectivity index (χ4v) is 4.00. The lowest BCUT2D eigenvalue weighted by atomic mass is 10.2. The van der Waals surface area contributed by atoms with Crippen LogP contribution in [-0.2, 0) is 11.3 Å². The predicted molar refractivity (Wildman–Crippen MR) is 127 cm³/mol. The van der Waals surface area contributed by atoms with Crippen molar-refractivity contribution in [3.63, 3.8) is 0 Å². The van der Waals surface area contributed by atoms with Gasteiger partial charge in [-0.3, -0.25) is 19.3 Å². The van der Waals surface area contributed by atoms with E-state index >= 15 is 0 Å². The van der Waals surface area contributed by atoms with Crippen LogP contribution in [0.3, 0.4) is 0 Å². The van der Waals surface area contributed by atoms with Crippen LogP contribution in [0.1, 0.15) is 37.9 Å². The van der Waals surface area contributed by atoms with Crippen molar-refractivity contribution < 1.29 is 9.53 Å². The zero-order chi connectivity index (χ0) is 21.3. The van der Waals surface area contributed by atoms with Gasteiger partial charge in [-0.05, 0) is 49.8 Å². The van der Waals surface area contributed by atoms with E-state index in [1.807, 2.05) is 40.8 Å². The molecule has 0 unspecified atom stereocenters. The number of carbonyl (C=O) groups excluding carboxylic acids is 1. The third kappa shape index (κ3) is 6.15. The van der Waals surface area contributed by atoms with Gasteiger partial charge in [-0.25, -0.2) is 0 Å². The normalized spacial score (nSPS) is 17.2. The highest BCUT2D eigenvalue weighted by Gasteiger charge is 2.31. The first-order chi connectivity index (χ1) is 14.4. The molecule has 1 amide bonds. The summed E-state index contributed by atoms with van der Waals surface area (Å²) in [6.45, 7) is 10.6. The molecule has 170 valence electrons. The Morgan fingerprint density at radius 3 is 2.68 bits per heavy atom. The molecule has 0 N–H and O–H groups in total. The minimum absolute atomic E-state index is 0. The fraction of sp³-hybridized carbons (Fsp3) is 0.565. The summed E-state index contributed by atoms with van der Waals surface area (Å²) in [5.74, 6) is 2.94. The Morgan fingerprint density at radius 1 is 1.23 bits per heavy atom. The van der Waals surface area contributed by atoms with Crippen LogP contribution in [0.2, 0.25) is 5.02 Å². The molecule has 1 aromatic carbocycles. The predicted octanol–water partition coefficient (Wildman–Crippen LogP) is 4.41. The van der Waals surface area contributed by atoms with Crippen LogP contribution in [0.25, 0.3) is 0 Å². The van der Waals surface area contributed by atoms with Crippen LogP contribution in [-0.4, -0.2) is 53.4 Å². The standard InChI is InChI=1S/C23H31ClN4O2.ClH/c1-16(2)15-30-21-7-6-20(24)11-19(21)13-28-17(3)10-22(25-28)27-9-8-26(14-23(27)29)12-18-4-5-18;/h6-7,10-11,16,18H,4-5,8-9,12-15H2,1-3H3;1H. The van der Waals surface area contributed by atoms with E-state index in [0.717, 1.165) is 41.8 Å². The fourth-order valence-electron chi connectivity index (χ4n) is 3.80. The van der Waals surface area contributed by atoms with E-state index in [2.05, 4.69) is 18.7 Å². The third-order valence-corrected chi connectivity index (χ3v) is 5.91. The molecule has 2 fully saturated rings. The molecule has 1 aromatic heterocycles. The first-order valence-electron chi connectivity index (χ1n) is 10.9. The number of piperazine rings is 1. The number of anilines is 1. The highest BCUT2D eigenvalue weighted by atomic mass is 35.5. The Labute approximate surface area is 195 Å². The molecular weight excluding hydrogens is 435 g/mol. The number of hydrogen-bond donors (Lipinski definition) is 0. The maximum absolute atomic E-state index is 12.7. The summed E-state index contributed by atoms with van der Waals surface area (Å²) in [4.78, 5) is 16.8. The Bertz CT molecular complexity index is 911. The molecule has 31 heavy (non-hydrogen) atoms. The van der Waals surface area contributed by atoms with Crippen LogP contribution in [0.4, 0.5) is 5.82 Å². The van der Waals surface area contributed by atoms with Gasteiger partial charge < -0.3 is 4.74 Å². The van der Waals surface area contributed by atoms with Gasteiger partial charge in [-0.15, -0.1) is 12.4 Å². The number of hydrogen-bond acceptors (Lipinski definition) is 4. The van der Waals surface area contributed by atoms with Crippen molar-refractivity contribution in [1.82, 2.24) is 14.7 Å². The summed E-state index contributed by atoms with van der Waals surface area (Å²) in [6.07, 6.45) is 2.62. The van der Waals surface area contributed by atoms with Crippen molar-refractivity contribution in [3.05, 3.63) is 40.5 Å². The Morgan fingerprint density at radius 2 is 2.00 bits per heavy atom. The van der Waals surface area contributed by atoms with Gasteiger partial charge in [0, 0.05) is 42.0 Å².